The van der Waals surface area contributed by atoms with E-state index in [1.807, 2.05) is 6.92 Å². The largest absolute Gasteiger partial charge is 0.465 e. The molecule has 0 bridgehead atoms. The second-order valence-corrected chi connectivity index (χ2v) is 7.07. The summed E-state index contributed by atoms with van der Waals surface area (Å²) in [5.41, 5.74) is 3.21. The summed E-state index contributed by atoms with van der Waals surface area (Å²) in [4.78, 5) is 17.9. The van der Waals surface area contributed by atoms with Gasteiger partial charge in [-0.15, -0.1) is 11.3 Å². The number of halogens is 1. The van der Waals surface area contributed by atoms with Gasteiger partial charge in [0.2, 0.25) is 0 Å². The summed E-state index contributed by atoms with van der Waals surface area (Å²) in [6, 6.07) is 6.24. The zero-order valence-corrected chi connectivity index (χ0v) is 14.4. The molecule has 1 unspecified atom stereocenters. The van der Waals surface area contributed by atoms with Gasteiger partial charge in [-0.2, -0.15) is 0 Å². The molecule has 0 aliphatic heterocycles. The quantitative estimate of drug-likeness (QED) is 0.753. The van der Waals surface area contributed by atoms with Crippen LogP contribution in [0, 0.1) is 6.92 Å². The molecule has 1 aromatic carbocycles. The molecule has 0 saturated carbocycles. The third-order valence-electron chi connectivity index (χ3n) is 3.71. The molecule has 21 heavy (non-hydrogen) atoms. The third-order valence-corrected chi connectivity index (χ3v) is 5.74. The van der Waals surface area contributed by atoms with Gasteiger partial charge in [0, 0.05) is 14.9 Å². The first kappa shape index (κ1) is 14.7. The fourth-order valence-electron chi connectivity index (χ4n) is 2.55. The molecule has 0 amide bonds. The Balaban J connectivity index is 1.92. The van der Waals surface area contributed by atoms with Crippen molar-refractivity contribution in [2.45, 2.75) is 32.6 Å². The standard InChI is InChI=1S/C16H16BrNO2S/c1-3-20-16(19)11-6-7-13-14(11)18-15(21-13)10-5-4-9(2)12(17)8-10/h4-5,8,11H,3,6-7H2,1-2H3. The smallest absolute Gasteiger partial charge is 0.315 e. The summed E-state index contributed by atoms with van der Waals surface area (Å²) in [5, 5.41) is 0.981. The van der Waals surface area contributed by atoms with E-state index >= 15 is 0 Å². The molecule has 110 valence electrons. The minimum absolute atomic E-state index is 0.141. The summed E-state index contributed by atoms with van der Waals surface area (Å²) in [6.45, 7) is 4.32. The molecule has 0 spiro atoms. The number of carbonyl (C=O) groups excluding carboxylic acids is 1. The fourth-order valence-corrected chi connectivity index (χ4v) is 4.06. The monoisotopic (exact) mass is 365 g/mol. The van der Waals surface area contributed by atoms with Gasteiger partial charge in [0.05, 0.1) is 12.3 Å². The van der Waals surface area contributed by atoms with Gasteiger partial charge in [0.25, 0.3) is 0 Å². The molecule has 1 atom stereocenters. The van der Waals surface area contributed by atoms with Crippen molar-refractivity contribution >= 4 is 33.2 Å². The van der Waals surface area contributed by atoms with Crippen molar-refractivity contribution in [2.24, 2.45) is 0 Å². The van der Waals surface area contributed by atoms with Crippen molar-refractivity contribution < 1.29 is 9.53 Å². The molecule has 3 nitrogen and oxygen atoms in total. The van der Waals surface area contributed by atoms with Crippen LogP contribution >= 0.6 is 27.3 Å². The van der Waals surface area contributed by atoms with E-state index < -0.39 is 0 Å². The van der Waals surface area contributed by atoms with Crippen LogP contribution in [-0.4, -0.2) is 17.6 Å². The summed E-state index contributed by atoms with van der Waals surface area (Å²) in [7, 11) is 0. The highest BCUT2D eigenvalue weighted by Crippen LogP contribution is 2.40. The van der Waals surface area contributed by atoms with Crippen molar-refractivity contribution in [2.75, 3.05) is 6.61 Å². The van der Waals surface area contributed by atoms with Crippen LogP contribution in [0.4, 0.5) is 0 Å². The van der Waals surface area contributed by atoms with E-state index in [4.69, 9.17) is 9.72 Å². The fraction of sp³-hybridized carbons (Fsp3) is 0.375. The zero-order valence-electron chi connectivity index (χ0n) is 12.0. The number of aromatic nitrogens is 1. The minimum atomic E-state index is -0.182. The maximum absolute atomic E-state index is 12.0. The van der Waals surface area contributed by atoms with Gasteiger partial charge >= 0.3 is 5.97 Å². The second-order valence-electron chi connectivity index (χ2n) is 5.13. The number of hydrogen-bond donors (Lipinski definition) is 0. The first-order valence-electron chi connectivity index (χ1n) is 7.03. The lowest BCUT2D eigenvalue weighted by atomic mass is 10.1. The molecule has 5 heteroatoms. The van der Waals surface area contributed by atoms with Gasteiger partial charge in [-0.1, -0.05) is 28.1 Å². The van der Waals surface area contributed by atoms with Crippen LogP contribution in [0.25, 0.3) is 10.6 Å². The molecule has 2 aromatic rings. The first-order chi connectivity index (χ1) is 10.1. The molecule has 1 heterocycles. The number of fused-ring (bicyclic) bond motifs is 1. The number of nitrogens with zero attached hydrogens (tertiary/aromatic N) is 1. The van der Waals surface area contributed by atoms with E-state index in [-0.39, 0.29) is 11.9 Å². The molecular weight excluding hydrogens is 350 g/mol. The molecule has 0 N–H and O–H groups in total. The molecule has 1 aliphatic rings. The Kier molecular flexibility index (Phi) is 4.13. The molecule has 0 fully saturated rings. The van der Waals surface area contributed by atoms with Crippen LogP contribution in [0.5, 0.6) is 0 Å². The van der Waals surface area contributed by atoms with E-state index in [1.165, 1.54) is 10.4 Å². The number of esters is 1. The molecule has 1 aliphatic carbocycles. The maximum atomic E-state index is 12.0. The lowest BCUT2D eigenvalue weighted by Gasteiger charge is -2.08. The lowest BCUT2D eigenvalue weighted by Crippen LogP contribution is -2.14. The highest BCUT2D eigenvalue weighted by Gasteiger charge is 2.33. The maximum Gasteiger partial charge on any atom is 0.315 e. The van der Waals surface area contributed by atoms with Gasteiger partial charge in [-0.3, -0.25) is 4.79 Å². The zero-order chi connectivity index (χ0) is 15.0. The lowest BCUT2D eigenvalue weighted by molar-refractivity contribution is -0.145. The van der Waals surface area contributed by atoms with Crippen molar-refractivity contribution in [3.63, 3.8) is 0 Å². The van der Waals surface area contributed by atoms with Crippen LogP contribution in [0.2, 0.25) is 0 Å². The predicted octanol–water partition coefficient (Wildman–Crippen LogP) is 4.47. The third kappa shape index (κ3) is 2.77. The van der Waals surface area contributed by atoms with Crippen LogP contribution in [-0.2, 0) is 16.0 Å². The van der Waals surface area contributed by atoms with Crippen molar-refractivity contribution in [1.82, 2.24) is 4.98 Å². The topological polar surface area (TPSA) is 39.2 Å². The first-order valence-corrected chi connectivity index (χ1v) is 8.64. The van der Waals surface area contributed by atoms with Crippen LogP contribution in [0.15, 0.2) is 22.7 Å². The van der Waals surface area contributed by atoms with Gasteiger partial charge < -0.3 is 4.74 Å². The molecule has 1 aromatic heterocycles. The Hall–Kier alpha value is -1.20. The summed E-state index contributed by atoms with van der Waals surface area (Å²) in [6.07, 6.45) is 1.74. The average Bonchev–Trinajstić information content (AvgIpc) is 3.01. The highest BCUT2D eigenvalue weighted by atomic mass is 79.9. The Morgan fingerprint density at radius 2 is 2.33 bits per heavy atom. The Morgan fingerprint density at radius 3 is 3.05 bits per heavy atom. The minimum Gasteiger partial charge on any atom is -0.465 e. The molecule has 3 rings (SSSR count). The van der Waals surface area contributed by atoms with E-state index in [2.05, 4.69) is 41.1 Å². The van der Waals surface area contributed by atoms with Crippen LogP contribution in [0.3, 0.4) is 0 Å². The Labute approximate surface area is 136 Å². The number of hydrogen-bond acceptors (Lipinski definition) is 4. The normalized spacial score (nSPS) is 16.8. The molecule has 0 saturated heterocycles. The van der Waals surface area contributed by atoms with E-state index in [0.717, 1.165) is 33.6 Å². The van der Waals surface area contributed by atoms with Gasteiger partial charge in [-0.25, -0.2) is 4.98 Å². The second kappa shape index (κ2) is 5.89. The summed E-state index contributed by atoms with van der Waals surface area (Å²) >= 11 is 5.25. The number of carbonyl (C=O) groups is 1. The molecule has 0 radical (unpaired) electrons. The summed E-state index contributed by atoms with van der Waals surface area (Å²) < 4.78 is 6.23. The van der Waals surface area contributed by atoms with Crippen molar-refractivity contribution in [3.8, 4) is 10.6 Å². The summed E-state index contributed by atoms with van der Waals surface area (Å²) in [5.74, 6) is -0.322. The van der Waals surface area contributed by atoms with E-state index in [1.54, 1.807) is 11.3 Å². The highest BCUT2D eigenvalue weighted by molar-refractivity contribution is 9.10. The van der Waals surface area contributed by atoms with Crippen molar-refractivity contribution in [1.29, 1.82) is 0 Å². The number of aryl methyl sites for hydroxylation is 2. The number of benzene rings is 1. The van der Waals surface area contributed by atoms with Gasteiger partial charge in [-0.05, 0) is 38.3 Å². The number of rotatable bonds is 3. The Bertz CT molecular complexity index is 696. The van der Waals surface area contributed by atoms with E-state index in [0.29, 0.717) is 6.61 Å². The van der Waals surface area contributed by atoms with Crippen LogP contribution in [0.1, 0.15) is 35.4 Å². The predicted molar refractivity (Wildman–Crippen MR) is 87.7 cm³/mol. The van der Waals surface area contributed by atoms with E-state index in [9.17, 15) is 4.79 Å². The SMILES string of the molecule is CCOC(=O)C1CCc2sc(-c3ccc(C)c(Br)c3)nc21. The number of thiazole rings is 1. The van der Waals surface area contributed by atoms with Gasteiger partial charge in [0.15, 0.2) is 0 Å². The van der Waals surface area contributed by atoms with Gasteiger partial charge in [0.1, 0.15) is 10.9 Å². The van der Waals surface area contributed by atoms with Crippen molar-refractivity contribution in [3.05, 3.63) is 38.8 Å². The molecular formula is C16H16BrNO2S. The number of ether oxygens (including phenoxy) is 1. The Morgan fingerprint density at radius 1 is 1.52 bits per heavy atom. The van der Waals surface area contributed by atoms with Crippen LogP contribution < -0.4 is 0 Å². The average molecular weight is 366 g/mol.